The molecule has 0 radical (unpaired) electrons. The highest BCUT2D eigenvalue weighted by Crippen LogP contribution is 2.31. The molecule has 0 aliphatic rings. The lowest BCUT2D eigenvalue weighted by molar-refractivity contribution is 0.0158. The highest BCUT2D eigenvalue weighted by atomic mass is 32.1. The number of hydrogen-bond donors (Lipinski definition) is 3. The molecular weight excluding hydrogens is 240 g/mol. The van der Waals surface area contributed by atoms with E-state index in [0.717, 1.165) is 0 Å². The van der Waals surface area contributed by atoms with Gasteiger partial charge in [0.05, 0.1) is 20.3 Å². The van der Waals surface area contributed by atoms with Gasteiger partial charge >= 0.3 is 0 Å². The number of benzene rings is 1. The number of aliphatic hydroxyl groups is 2. The number of thiol groups is 1. The van der Waals surface area contributed by atoms with E-state index in [4.69, 9.17) is 9.47 Å². The van der Waals surface area contributed by atoms with E-state index in [-0.39, 0.29) is 0 Å². The smallest absolute Gasteiger partial charge is 0.125 e. The molecule has 0 heterocycles. The van der Waals surface area contributed by atoms with Crippen molar-refractivity contribution in [3.05, 3.63) is 23.8 Å². The highest BCUT2D eigenvalue weighted by molar-refractivity contribution is 7.80. The zero-order valence-corrected chi connectivity index (χ0v) is 10.9. The van der Waals surface area contributed by atoms with E-state index in [9.17, 15) is 10.2 Å². The summed E-state index contributed by atoms with van der Waals surface area (Å²) < 4.78 is 10.2. The van der Waals surface area contributed by atoms with Crippen molar-refractivity contribution in [1.82, 2.24) is 0 Å². The molecule has 2 N–H and O–H groups in total. The molecule has 1 aromatic rings. The Labute approximate surface area is 107 Å². The fourth-order valence-corrected chi connectivity index (χ4v) is 1.83. The Morgan fingerprint density at radius 2 is 1.94 bits per heavy atom. The van der Waals surface area contributed by atoms with Crippen LogP contribution in [0.25, 0.3) is 0 Å². The van der Waals surface area contributed by atoms with E-state index in [1.807, 2.05) is 0 Å². The van der Waals surface area contributed by atoms with Gasteiger partial charge in [-0.15, -0.1) is 0 Å². The molecule has 0 saturated heterocycles. The van der Waals surface area contributed by atoms with Crippen molar-refractivity contribution in [3.8, 4) is 11.5 Å². The minimum absolute atomic E-state index is 0.407. The van der Waals surface area contributed by atoms with E-state index < -0.39 is 12.2 Å². The van der Waals surface area contributed by atoms with Crippen LogP contribution in [0, 0.1) is 0 Å². The van der Waals surface area contributed by atoms with Crippen LogP contribution in [0.2, 0.25) is 0 Å². The summed E-state index contributed by atoms with van der Waals surface area (Å²) in [5.41, 5.74) is 0.515. The summed E-state index contributed by atoms with van der Waals surface area (Å²) in [5, 5.41) is 19.8. The van der Waals surface area contributed by atoms with Crippen molar-refractivity contribution in [1.29, 1.82) is 0 Å². The Kier molecular flexibility index (Phi) is 5.61. The van der Waals surface area contributed by atoms with E-state index in [0.29, 0.717) is 29.2 Å². The Morgan fingerprint density at radius 3 is 2.47 bits per heavy atom. The molecule has 0 spiro atoms. The molecule has 2 atom stereocenters. The first-order valence-electron chi connectivity index (χ1n) is 5.33. The molecule has 0 amide bonds. The van der Waals surface area contributed by atoms with Gasteiger partial charge in [-0.05, 0) is 30.4 Å². The quantitative estimate of drug-likeness (QED) is 0.675. The molecule has 0 aromatic heterocycles. The summed E-state index contributed by atoms with van der Waals surface area (Å²) in [4.78, 5) is 0. The molecule has 17 heavy (non-hydrogen) atoms. The van der Waals surface area contributed by atoms with Gasteiger partial charge in [-0.2, -0.15) is 12.6 Å². The molecule has 4 nitrogen and oxygen atoms in total. The summed E-state index contributed by atoms with van der Waals surface area (Å²) in [6, 6.07) is 5.09. The topological polar surface area (TPSA) is 58.9 Å². The lowest BCUT2D eigenvalue weighted by Gasteiger charge is -2.20. The molecule has 0 bridgehead atoms. The van der Waals surface area contributed by atoms with Gasteiger partial charge in [0.25, 0.3) is 0 Å². The lowest BCUT2D eigenvalue weighted by Crippen LogP contribution is -2.19. The maximum atomic E-state index is 10.0. The third-order valence-electron chi connectivity index (χ3n) is 2.54. The van der Waals surface area contributed by atoms with Crippen LogP contribution in [0.3, 0.4) is 0 Å². The van der Waals surface area contributed by atoms with Crippen LogP contribution in [0.4, 0.5) is 0 Å². The Hall–Kier alpha value is -0.910. The molecule has 0 aliphatic carbocycles. The fourth-order valence-electron chi connectivity index (χ4n) is 1.57. The van der Waals surface area contributed by atoms with Crippen molar-refractivity contribution in [3.63, 3.8) is 0 Å². The van der Waals surface area contributed by atoms with Crippen LogP contribution in [0.15, 0.2) is 18.2 Å². The third-order valence-corrected chi connectivity index (χ3v) is 2.80. The van der Waals surface area contributed by atoms with Crippen LogP contribution < -0.4 is 9.47 Å². The third kappa shape index (κ3) is 3.52. The van der Waals surface area contributed by atoms with Gasteiger partial charge in [-0.1, -0.05) is 0 Å². The summed E-state index contributed by atoms with van der Waals surface area (Å²) in [6.45, 7) is 0. The Morgan fingerprint density at radius 1 is 1.24 bits per heavy atom. The first kappa shape index (κ1) is 14.2. The predicted molar refractivity (Wildman–Crippen MR) is 69.0 cm³/mol. The molecule has 2 unspecified atom stereocenters. The average Bonchev–Trinajstić information content (AvgIpc) is 2.37. The van der Waals surface area contributed by atoms with Crippen molar-refractivity contribution < 1.29 is 19.7 Å². The van der Waals surface area contributed by atoms with Gasteiger partial charge in [0, 0.05) is 5.56 Å². The van der Waals surface area contributed by atoms with E-state index in [1.165, 1.54) is 7.11 Å². The first-order valence-corrected chi connectivity index (χ1v) is 5.96. The SMILES string of the molecule is COc1ccc(OC)c(C(O)C(O)CCS)c1. The number of hydrogen-bond acceptors (Lipinski definition) is 5. The van der Waals surface area contributed by atoms with E-state index in [1.54, 1.807) is 25.3 Å². The first-order chi connectivity index (χ1) is 8.13. The zero-order chi connectivity index (χ0) is 12.8. The van der Waals surface area contributed by atoms with Crippen molar-refractivity contribution >= 4 is 12.6 Å². The molecule has 5 heteroatoms. The maximum Gasteiger partial charge on any atom is 0.125 e. The summed E-state index contributed by atoms with van der Waals surface area (Å²) in [7, 11) is 3.06. The molecule has 1 rings (SSSR count). The predicted octanol–water partition coefficient (Wildman–Crippen LogP) is 1.42. The Bertz CT molecular complexity index is 356. The monoisotopic (exact) mass is 258 g/mol. The Balaban J connectivity index is 3.00. The van der Waals surface area contributed by atoms with Gasteiger partial charge in [0.2, 0.25) is 0 Å². The molecule has 1 aromatic carbocycles. The van der Waals surface area contributed by atoms with E-state index >= 15 is 0 Å². The van der Waals surface area contributed by atoms with Crippen LogP contribution in [-0.4, -0.2) is 36.3 Å². The van der Waals surface area contributed by atoms with Crippen LogP contribution in [0.1, 0.15) is 18.1 Å². The second-order valence-corrected chi connectivity index (χ2v) is 4.08. The minimum Gasteiger partial charge on any atom is -0.497 e. The fraction of sp³-hybridized carbons (Fsp3) is 0.500. The van der Waals surface area contributed by atoms with Crippen LogP contribution in [-0.2, 0) is 0 Å². The maximum absolute atomic E-state index is 10.0. The summed E-state index contributed by atoms with van der Waals surface area (Å²) in [5.74, 6) is 1.64. The van der Waals surface area contributed by atoms with Crippen molar-refractivity contribution in [2.24, 2.45) is 0 Å². The normalized spacial score (nSPS) is 14.2. The average molecular weight is 258 g/mol. The molecule has 0 saturated carbocycles. The largest absolute Gasteiger partial charge is 0.497 e. The van der Waals surface area contributed by atoms with Gasteiger partial charge in [-0.3, -0.25) is 0 Å². The highest BCUT2D eigenvalue weighted by Gasteiger charge is 2.21. The molecule has 0 aliphatic heterocycles. The number of rotatable bonds is 6. The second-order valence-electron chi connectivity index (χ2n) is 3.63. The summed E-state index contributed by atoms with van der Waals surface area (Å²) >= 11 is 4.03. The van der Waals surface area contributed by atoms with Crippen LogP contribution in [0.5, 0.6) is 11.5 Å². The van der Waals surface area contributed by atoms with Crippen LogP contribution >= 0.6 is 12.6 Å². The number of ether oxygens (including phenoxy) is 2. The zero-order valence-electron chi connectivity index (χ0n) is 9.96. The lowest BCUT2D eigenvalue weighted by atomic mass is 10.0. The number of methoxy groups -OCH3 is 2. The van der Waals surface area contributed by atoms with Crippen molar-refractivity contribution in [2.75, 3.05) is 20.0 Å². The van der Waals surface area contributed by atoms with Gasteiger partial charge in [-0.25, -0.2) is 0 Å². The second kappa shape index (κ2) is 6.74. The van der Waals surface area contributed by atoms with Gasteiger partial charge in [0.15, 0.2) is 0 Å². The van der Waals surface area contributed by atoms with E-state index in [2.05, 4.69) is 12.6 Å². The molecule has 96 valence electrons. The summed E-state index contributed by atoms with van der Waals surface area (Å²) in [6.07, 6.45) is -1.47. The van der Waals surface area contributed by atoms with Crippen molar-refractivity contribution in [2.45, 2.75) is 18.6 Å². The van der Waals surface area contributed by atoms with Gasteiger partial charge in [0.1, 0.15) is 17.6 Å². The number of aliphatic hydroxyl groups excluding tert-OH is 2. The van der Waals surface area contributed by atoms with Gasteiger partial charge < -0.3 is 19.7 Å². The molecule has 0 fully saturated rings. The minimum atomic E-state index is -1.01. The molecular formula is C12H18O4S. The standard InChI is InChI=1S/C12H18O4S/c1-15-8-3-4-11(16-2)9(7-8)12(14)10(13)5-6-17/h3-4,7,10,12-14,17H,5-6H2,1-2H3.